The van der Waals surface area contributed by atoms with Gasteiger partial charge in [0.05, 0.1) is 10.4 Å². The van der Waals surface area contributed by atoms with Crippen molar-refractivity contribution in [1.29, 1.82) is 0 Å². The monoisotopic (exact) mass is 366 g/mol. The van der Waals surface area contributed by atoms with E-state index in [0.717, 1.165) is 41.5 Å². The molecule has 0 saturated heterocycles. The minimum atomic E-state index is -3.82. The van der Waals surface area contributed by atoms with Gasteiger partial charge in [0.2, 0.25) is 0 Å². The third-order valence-electron chi connectivity index (χ3n) is 5.15. The van der Waals surface area contributed by atoms with Crippen molar-refractivity contribution in [3.05, 3.63) is 72.3 Å². The van der Waals surface area contributed by atoms with Crippen LogP contribution >= 0.6 is 0 Å². The van der Waals surface area contributed by atoms with Gasteiger partial charge < -0.3 is 0 Å². The first-order chi connectivity index (χ1) is 12.5. The molecule has 0 spiro atoms. The van der Waals surface area contributed by atoms with Crippen LogP contribution in [0.15, 0.2) is 70.8 Å². The molecule has 6 rings (SSSR count). The molecular formula is C20H15FN2O2S. The van der Waals surface area contributed by atoms with Gasteiger partial charge >= 0.3 is 0 Å². The third kappa shape index (κ3) is 2.18. The average Bonchev–Trinajstić information content (AvgIpc) is 3.02. The molecule has 2 bridgehead atoms. The van der Waals surface area contributed by atoms with Crippen LogP contribution in [-0.4, -0.2) is 18.1 Å². The topological polar surface area (TPSA) is 51.4 Å². The van der Waals surface area contributed by atoms with E-state index in [-0.39, 0.29) is 4.90 Å². The standard InChI is InChI=1S/C20H15FN2O2S/c21-14-5-7-16(8-6-14)26(24,25)23-12-19(17-3-1-2-4-20(17)23)18-11-22-15-9-13(18)10-15/h1-8,11-13H,9-10H2. The number of halogens is 1. The molecule has 0 N–H and O–H groups in total. The maximum atomic E-state index is 13.2. The summed E-state index contributed by atoms with van der Waals surface area (Å²) >= 11 is 0. The number of para-hydroxylation sites is 1. The van der Waals surface area contributed by atoms with Gasteiger partial charge in [0.25, 0.3) is 10.0 Å². The molecule has 0 atom stereocenters. The van der Waals surface area contributed by atoms with Gasteiger partial charge in [-0.05, 0) is 54.7 Å². The molecule has 0 radical (unpaired) electrons. The summed E-state index contributed by atoms with van der Waals surface area (Å²) < 4.78 is 40.8. The maximum Gasteiger partial charge on any atom is 0.268 e. The molecule has 26 heavy (non-hydrogen) atoms. The SMILES string of the molecule is O=S(=O)(c1ccc(F)cc1)n1cc(C2=CN=C3CC2C3)c2ccccc21. The normalized spacial score (nSPS) is 17.0. The average molecular weight is 366 g/mol. The predicted octanol–water partition coefficient (Wildman–Crippen LogP) is 4.22. The molecule has 0 unspecified atom stereocenters. The van der Waals surface area contributed by atoms with Gasteiger partial charge in [-0.3, -0.25) is 4.99 Å². The van der Waals surface area contributed by atoms with E-state index in [0.29, 0.717) is 11.4 Å². The number of allylic oxidation sites excluding steroid dienone is 1. The molecular weight excluding hydrogens is 351 g/mol. The Hall–Kier alpha value is -2.73. The van der Waals surface area contributed by atoms with Crippen LogP contribution in [0.5, 0.6) is 0 Å². The van der Waals surface area contributed by atoms with Crippen LogP contribution in [0, 0.1) is 11.7 Å². The zero-order chi connectivity index (χ0) is 17.9. The Kier molecular flexibility index (Phi) is 3.21. The molecule has 3 heterocycles. The van der Waals surface area contributed by atoms with Gasteiger partial charge in [0.15, 0.2) is 0 Å². The van der Waals surface area contributed by atoms with Crippen molar-refractivity contribution < 1.29 is 12.8 Å². The van der Waals surface area contributed by atoms with E-state index in [1.54, 1.807) is 12.3 Å². The lowest BCUT2D eigenvalue weighted by molar-refractivity contribution is 0.587. The fourth-order valence-electron chi connectivity index (χ4n) is 3.69. The van der Waals surface area contributed by atoms with Crippen LogP contribution in [0.4, 0.5) is 4.39 Å². The highest BCUT2D eigenvalue weighted by atomic mass is 32.2. The first-order valence-corrected chi connectivity index (χ1v) is 9.85. The van der Waals surface area contributed by atoms with E-state index < -0.39 is 15.8 Å². The summed E-state index contributed by atoms with van der Waals surface area (Å²) in [5.41, 5.74) is 3.81. The second-order valence-electron chi connectivity index (χ2n) is 6.70. The van der Waals surface area contributed by atoms with Crippen molar-refractivity contribution >= 4 is 32.2 Å². The third-order valence-corrected chi connectivity index (χ3v) is 6.84. The smallest absolute Gasteiger partial charge is 0.265 e. The van der Waals surface area contributed by atoms with E-state index in [1.807, 2.05) is 24.4 Å². The quantitative estimate of drug-likeness (QED) is 0.697. The zero-order valence-electron chi connectivity index (χ0n) is 13.8. The molecule has 0 amide bonds. The van der Waals surface area contributed by atoms with Crippen molar-refractivity contribution in [2.45, 2.75) is 17.7 Å². The molecule has 1 aliphatic carbocycles. The maximum absolute atomic E-state index is 13.2. The van der Waals surface area contributed by atoms with Crippen molar-refractivity contribution in [3.63, 3.8) is 0 Å². The molecule has 2 aliphatic heterocycles. The number of rotatable bonds is 3. The van der Waals surface area contributed by atoms with Crippen molar-refractivity contribution in [2.24, 2.45) is 10.9 Å². The minimum absolute atomic E-state index is 0.0628. The molecule has 130 valence electrons. The van der Waals surface area contributed by atoms with E-state index in [2.05, 4.69) is 4.99 Å². The van der Waals surface area contributed by atoms with Crippen LogP contribution in [0.25, 0.3) is 16.5 Å². The van der Waals surface area contributed by atoms with Gasteiger partial charge in [-0.25, -0.2) is 16.8 Å². The number of hydrogen-bond donors (Lipinski definition) is 0. The Morgan fingerprint density at radius 2 is 1.77 bits per heavy atom. The fourth-order valence-corrected chi connectivity index (χ4v) is 5.06. The highest BCUT2D eigenvalue weighted by molar-refractivity contribution is 7.90. The Balaban J connectivity index is 1.73. The summed E-state index contributed by atoms with van der Waals surface area (Å²) in [7, 11) is -3.82. The van der Waals surface area contributed by atoms with Gasteiger partial charge in [-0.1, -0.05) is 18.2 Å². The highest BCUT2D eigenvalue weighted by Gasteiger charge is 2.33. The summed E-state index contributed by atoms with van der Waals surface area (Å²) in [6.45, 7) is 0. The van der Waals surface area contributed by atoms with E-state index >= 15 is 0 Å². The van der Waals surface area contributed by atoms with Crippen LogP contribution in [0.3, 0.4) is 0 Å². The van der Waals surface area contributed by atoms with E-state index in [9.17, 15) is 12.8 Å². The number of aromatic nitrogens is 1. The molecule has 1 aromatic heterocycles. The highest BCUT2D eigenvalue weighted by Crippen LogP contribution is 2.43. The lowest BCUT2D eigenvalue weighted by Crippen LogP contribution is -2.27. The van der Waals surface area contributed by atoms with Gasteiger partial charge in [0, 0.05) is 29.1 Å². The van der Waals surface area contributed by atoms with E-state index in [1.165, 1.54) is 21.8 Å². The predicted molar refractivity (Wildman–Crippen MR) is 99.1 cm³/mol. The molecule has 1 fully saturated rings. The summed E-state index contributed by atoms with van der Waals surface area (Å²) in [6.07, 6.45) is 5.45. The first kappa shape index (κ1) is 15.5. The second-order valence-corrected chi connectivity index (χ2v) is 8.51. The van der Waals surface area contributed by atoms with Crippen molar-refractivity contribution in [2.75, 3.05) is 0 Å². The second kappa shape index (κ2) is 5.38. The lowest BCUT2D eigenvalue weighted by atomic mass is 9.74. The zero-order valence-corrected chi connectivity index (χ0v) is 14.6. The Morgan fingerprint density at radius 3 is 2.46 bits per heavy atom. The minimum Gasteiger partial charge on any atom is -0.265 e. The van der Waals surface area contributed by atoms with Gasteiger partial charge in [0.1, 0.15) is 5.82 Å². The summed E-state index contributed by atoms with van der Waals surface area (Å²) in [6, 6.07) is 12.3. The fraction of sp³-hybridized carbons (Fsp3) is 0.150. The van der Waals surface area contributed by atoms with Crippen molar-refractivity contribution in [1.82, 2.24) is 3.97 Å². The van der Waals surface area contributed by atoms with Crippen molar-refractivity contribution in [3.8, 4) is 0 Å². The molecule has 3 aromatic rings. The van der Waals surface area contributed by atoms with Crippen LogP contribution in [-0.2, 0) is 10.0 Å². The summed E-state index contributed by atoms with van der Waals surface area (Å²) in [5, 5.41) is 0.884. The number of nitrogens with zero attached hydrogens (tertiary/aromatic N) is 2. The number of fused-ring (bicyclic) bond motifs is 2. The number of aliphatic imine (C=N–C) groups is 1. The van der Waals surface area contributed by atoms with Crippen LogP contribution < -0.4 is 0 Å². The molecule has 4 nitrogen and oxygen atoms in total. The molecule has 1 saturated carbocycles. The first-order valence-electron chi connectivity index (χ1n) is 8.41. The summed E-state index contributed by atoms with van der Waals surface area (Å²) in [4.78, 5) is 4.52. The lowest BCUT2D eigenvalue weighted by Gasteiger charge is -2.33. The largest absolute Gasteiger partial charge is 0.268 e. The number of benzene rings is 2. The van der Waals surface area contributed by atoms with E-state index in [4.69, 9.17) is 0 Å². The van der Waals surface area contributed by atoms with Gasteiger partial charge in [-0.15, -0.1) is 0 Å². The summed E-state index contributed by atoms with van der Waals surface area (Å²) in [5.74, 6) is -0.0525. The number of hydrogen-bond acceptors (Lipinski definition) is 3. The Morgan fingerprint density at radius 1 is 1.04 bits per heavy atom. The Bertz CT molecular complexity index is 1200. The molecule has 6 heteroatoms. The molecule has 2 aromatic carbocycles. The Labute approximate surface area is 150 Å². The molecule has 3 aliphatic rings. The van der Waals surface area contributed by atoms with Crippen LogP contribution in [0.1, 0.15) is 18.4 Å². The van der Waals surface area contributed by atoms with Gasteiger partial charge in [-0.2, -0.15) is 0 Å². The van der Waals surface area contributed by atoms with Crippen LogP contribution in [0.2, 0.25) is 0 Å².